The Bertz CT molecular complexity index is 655. The number of piperidine rings is 1. The van der Waals surface area contributed by atoms with Crippen LogP contribution in [0.15, 0.2) is 29.3 Å². The van der Waals surface area contributed by atoms with E-state index in [0.29, 0.717) is 25.2 Å². The SMILES string of the molecule is CN=C(NCc1ccc(CN2CCCCC2C)cc1)N1CCC(COCCOC)C1.I. The summed E-state index contributed by atoms with van der Waals surface area (Å²) in [6.45, 7) is 9.63. The average Bonchev–Trinajstić information content (AvgIpc) is 3.23. The highest BCUT2D eigenvalue weighted by molar-refractivity contribution is 14.0. The van der Waals surface area contributed by atoms with Gasteiger partial charge in [0.05, 0.1) is 19.8 Å². The minimum atomic E-state index is 0. The zero-order valence-corrected chi connectivity index (χ0v) is 21.8. The van der Waals surface area contributed by atoms with Gasteiger partial charge in [0, 0.05) is 52.3 Å². The second-order valence-corrected chi connectivity index (χ2v) is 8.70. The molecule has 1 aromatic carbocycles. The van der Waals surface area contributed by atoms with Crippen molar-refractivity contribution in [2.24, 2.45) is 10.9 Å². The van der Waals surface area contributed by atoms with Crippen molar-refractivity contribution in [3.8, 4) is 0 Å². The molecule has 0 aromatic heterocycles. The molecular formula is C24H41IN4O2. The Morgan fingerprint density at radius 1 is 1.10 bits per heavy atom. The van der Waals surface area contributed by atoms with E-state index in [4.69, 9.17) is 9.47 Å². The Labute approximate surface area is 205 Å². The van der Waals surface area contributed by atoms with Gasteiger partial charge < -0.3 is 19.7 Å². The zero-order chi connectivity index (χ0) is 21.2. The van der Waals surface area contributed by atoms with Crippen LogP contribution < -0.4 is 5.32 Å². The standard InChI is InChI=1S/C24H40N4O2.HI/c1-20-6-4-5-12-27(20)17-22-9-7-21(8-10-22)16-26-24(25-2)28-13-11-23(18-28)19-30-15-14-29-3;/h7-10,20,23H,4-6,11-19H2,1-3H3,(H,25,26);1H. The van der Waals surface area contributed by atoms with Crippen molar-refractivity contribution in [1.82, 2.24) is 15.1 Å². The summed E-state index contributed by atoms with van der Waals surface area (Å²) >= 11 is 0. The van der Waals surface area contributed by atoms with E-state index >= 15 is 0 Å². The molecule has 1 aromatic rings. The van der Waals surface area contributed by atoms with Crippen LogP contribution in [-0.2, 0) is 22.6 Å². The molecule has 2 atom stereocenters. The van der Waals surface area contributed by atoms with Crippen molar-refractivity contribution in [2.45, 2.75) is 51.7 Å². The lowest BCUT2D eigenvalue weighted by atomic mass is 10.0. The summed E-state index contributed by atoms with van der Waals surface area (Å²) in [5.74, 6) is 1.55. The molecule has 0 aliphatic carbocycles. The summed E-state index contributed by atoms with van der Waals surface area (Å²) in [6, 6.07) is 9.77. The number of hydrogen-bond acceptors (Lipinski definition) is 4. The third kappa shape index (κ3) is 8.51. The maximum atomic E-state index is 5.71. The second-order valence-electron chi connectivity index (χ2n) is 8.70. The molecule has 3 rings (SSSR count). The fraction of sp³-hybridized carbons (Fsp3) is 0.708. The monoisotopic (exact) mass is 544 g/mol. The van der Waals surface area contributed by atoms with Gasteiger partial charge in [0.15, 0.2) is 5.96 Å². The van der Waals surface area contributed by atoms with E-state index in [-0.39, 0.29) is 24.0 Å². The van der Waals surface area contributed by atoms with E-state index in [1.807, 2.05) is 7.05 Å². The fourth-order valence-corrected chi connectivity index (χ4v) is 4.46. The summed E-state index contributed by atoms with van der Waals surface area (Å²) < 4.78 is 10.7. The Balaban J connectivity index is 0.00000341. The number of aliphatic imine (C=N–C) groups is 1. The van der Waals surface area contributed by atoms with Crippen molar-refractivity contribution in [3.05, 3.63) is 35.4 Å². The van der Waals surface area contributed by atoms with Gasteiger partial charge in [0.2, 0.25) is 0 Å². The molecule has 31 heavy (non-hydrogen) atoms. The second kappa shape index (κ2) is 14.3. The Morgan fingerprint density at radius 3 is 2.58 bits per heavy atom. The smallest absolute Gasteiger partial charge is 0.193 e. The molecule has 7 heteroatoms. The van der Waals surface area contributed by atoms with E-state index in [1.165, 1.54) is 36.9 Å². The molecule has 0 bridgehead atoms. The Morgan fingerprint density at radius 2 is 1.87 bits per heavy atom. The van der Waals surface area contributed by atoms with E-state index in [9.17, 15) is 0 Å². The van der Waals surface area contributed by atoms with Crippen LogP contribution in [0.25, 0.3) is 0 Å². The predicted molar refractivity (Wildman–Crippen MR) is 138 cm³/mol. The first kappa shape index (κ1) is 26.4. The van der Waals surface area contributed by atoms with Gasteiger partial charge >= 0.3 is 0 Å². The van der Waals surface area contributed by atoms with E-state index in [2.05, 4.69) is 51.3 Å². The van der Waals surface area contributed by atoms with Gasteiger partial charge in [-0.1, -0.05) is 30.7 Å². The minimum Gasteiger partial charge on any atom is -0.382 e. The molecule has 0 saturated carbocycles. The number of ether oxygens (including phenoxy) is 2. The number of guanidine groups is 1. The summed E-state index contributed by atoms with van der Waals surface area (Å²) in [4.78, 5) is 9.45. The summed E-state index contributed by atoms with van der Waals surface area (Å²) in [7, 11) is 3.58. The number of likely N-dealkylation sites (tertiary alicyclic amines) is 2. The van der Waals surface area contributed by atoms with Crippen LogP contribution in [0.5, 0.6) is 0 Å². The van der Waals surface area contributed by atoms with Crippen molar-refractivity contribution >= 4 is 29.9 Å². The van der Waals surface area contributed by atoms with Crippen LogP contribution >= 0.6 is 24.0 Å². The maximum Gasteiger partial charge on any atom is 0.193 e. The van der Waals surface area contributed by atoms with E-state index in [0.717, 1.165) is 45.2 Å². The normalized spacial score (nSPS) is 22.4. The number of methoxy groups -OCH3 is 1. The van der Waals surface area contributed by atoms with Crippen LogP contribution in [0.2, 0.25) is 0 Å². The third-order valence-corrected chi connectivity index (χ3v) is 6.38. The van der Waals surface area contributed by atoms with Crippen LogP contribution in [0.1, 0.15) is 43.7 Å². The quantitative estimate of drug-likeness (QED) is 0.222. The van der Waals surface area contributed by atoms with Gasteiger partial charge in [0.1, 0.15) is 0 Å². The predicted octanol–water partition coefficient (Wildman–Crippen LogP) is 3.74. The number of halogens is 1. The first-order valence-corrected chi connectivity index (χ1v) is 11.5. The molecule has 2 heterocycles. The van der Waals surface area contributed by atoms with Gasteiger partial charge in [-0.25, -0.2) is 0 Å². The number of hydrogen-bond donors (Lipinski definition) is 1. The van der Waals surface area contributed by atoms with Gasteiger partial charge in [0.25, 0.3) is 0 Å². The molecule has 1 N–H and O–H groups in total. The molecule has 2 unspecified atom stereocenters. The lowest BCUT2D eigenvalue weighted by molar-refractivity contribution is 0.0536. The van der Waals surface area contributed by atoms with Gasteiger partial charge in [-0.3, -0.25) is 9.89 Å². The van der Waals surface area contributed by atoms with Gasteiger partial charge in [-0.05, 0) is 43.9 Å². The highest BCUT2D eigenvalue weighted by atomic mass is 127. The lowest BCUT2D eigenvalue weighted by Crippen LogP contribution is -2.39. The van der Waals surface area contributed by atoms with E-state index < -0.39 is 0 Å². The fourth-order valence-electron chi connectivity index (χ4n) is 4.46. The van der Waals surface area contributed by atoms with Crippen LogP contribution in [0, 0.1) is 5.92 Å². The molecule has 2 aliphatic rings. The molecule has 0 spiro atoms. The van der Waals surface area contributed by atoms with Crippen molar-refractivity contribution in [1.29, 1.82) is 0 Å². The minimum absolute atomic E-state index is 0. The topological polar surface area (TPSA) is 49.3 Å². The van der Waals surface area contributed by atoms with Crippen molar-refractivity contribution in [2.75, 3.05) is 53.6 Å². The number of nitrogens with one attached hydrogen (secondary N) is 1. The highest BCUT2D eigenvalue weighted by Crippen LogP contribution is 2.20. The number of benzene rings is 1. The van der Waals surface area contributed by atoms with Crippen LogP contribution in [-0.4, -0.2) is 75.4 Å². The molecule has 0 radical (unpaired) electrons. The van der Waals surface area contributed by atoms with Gasteiger partial charge in [-0.2, -0.15) is 0 Å². The van der Waals surface area contributed by atoms with Gasteiger partial charge in [-0.15, -0.1) is 24.0 Å². The first-order chi connectivity index (χ1) is 14.7. The summed E-state index contributed by atoms with van der Waals surface area (Å²) in [6.07, 6.45) is 5.19. The molecule has 2 saturated heterocycles. The Kier molecular flexibility index (Phi) is 12.1. The molecular weight excluding hydrogens is 503 g/mol. The summed E-state index contributed by atoms with van der Waals surface area (Å²) in [5.41, 5.74) is 2.71. The molecule has 2 aliphatic heterocycles. The molecule has 6 nitrogen and oxygen atoms in total. The first-order valence-electron chi connectivity index (χ1n) is 11.5. The molecule has 0 amide bonds. The molecule has 2 fully saturated rings. The zero-order valence-electron chi connectivity index (χ0n) is 19.5. The molecule has 176 valence electrons. The average molecular weight is 545 g/mol. The van der Waals surface area contributed by atoms with Crippen LogP contribution in [0.4, 0.5) is 0 Å². The maximum absolute atomic E-state index is 5.71. The summed E-state index contributed by atoms with van der Waals surface area (Å²) in [5, 5.41) is 3.54. The largest absolute Gasteiger partial charge is 0.382 e. The highest BCUT2D eigenvalue weighted by Gasteiger charge is 2.25. The third-order valence-electron chi connectivity index (χ3n) is 6.38. The van der Waals surface area contributed by atoms with Crippen LogP contribution in [0.3, 0.4) is 0 Å². The number of nitrogens with zero attached hydrogens (tertiary/aromatic N) is 3. The van der Waals surface area contributed by atoms with E-state index in [1.54, 1.807) is 7.11 Å². The lowest BCUT2D eigenvalue weighted by Gasteiger charge is -2.33. The van der Waals surface area contributed by atoms with Crippen molar-refractivity contribution < 1.29 is 9.47 Å². The number of rotatable bonds is 9. The van der Waals surface area contributed by atoms with Crippen molar-refractivity contribution in [3.63, 3.8) is 0 Å². The Hall–Kier alpha value is -0.900.